The minimum absolute atomic E-state index is 0.182. The van der Waals surface area contributed by atoms with Gasteiger partial charge in [0, 0.05) is 35.3 Å². The zero-order valence-electron chi connectivity index (χ0n) is 15.6. The molecule has 1 fully saturated rings. The molecule has 0 spiro atoms. The van der Waals surface area contributed by atoms with Crippen LogP contribution in [0.4, 0.5) is 11.4 Å². The summed E-state index contributed by atoms with van der Waals surface area (Å²) in [5.41, 5.74) is 1.38. The van der Waals surface area contributed by atoms with Crippen molar-refractivity contribution in [3.63, 3.8) is 0 Å². The fourth-order valence-electron chi connectivity index (χ4n) is 3.37. The van der Waals surface area contributed by atoms with Gasteiger partial charge in [0.25, 0.3) is 10.0 Å². The number of methoxy groups -OCH3 is 1. The third-order valence-electron chi connectivity index (χ3n) is 4.48. The number of sulfonamides is 1. The first-order chi connectivity index (χ1) is 12.8. The van der Waals surface area contributed by atoms with E-state index in [1.165, 1.54) is 7.11 Å². The highest BCUT2D eigenvalue weighted by Crippen LogP contribution is 2.33. The molecule has 2 aromatic carbocycles. The van der Waals surface area contributed by atoms with Crippen LogP contribution in [0.5, 0.6) is 5.75 Å². The lowest BCUT2D eigenvalue weighted by Crippen LogP contribution is -2.54. The molecule has 1 aliphatic heterocycles. The zero-order chi connectivity index (χ0) is 19.6. The van der Waals surface area contributed by atoms with Crippen LogP contribution >= 0.6 is 15.9 Å². The molecule has 0 saturated carbocycles. The Balaban J connectivity index is 1.94. The van der Waals surface area contributed by atoms with Crippen molar-refractivity contribution in [2.24, 2.45) is 0 Å². The third kappa shape index (κ3) is 4.56. The largest absolute Gasteiger partial charge is 0.495 e. The van der Waals surface area contributed by atoms with Crippen LogP contribution in [0.1, 0.15) is 13.8 Å². The van der Waals surface area contributed by atoms with Crippen LogP contribution in [0.3, 0.4) is 0 Å². The van der Waals surface area contributed by atoms with Gasteiger partial charge in [-0.2, -0.15) is 0 Å². The van der Waals surface area contributed by atoms with Crippen molar-refractivity contribution >= 4 is 37.3 Å². The summed E-state index contributed by atoms with van der Waals surface area (Å²) >= 11 is 3.31. The SMILES string of the molecule is COc1ccc(N2C[C@@H](C)N[C@@H](C)C2)cc1NS(=O)(=O)c1ccccc1Br. The minimum Gasteiger partial charge on any atom is -0.495 e. The van der Waals surface area contributed by atoms with Gasteiger partial charge in [-0.05, 0) is 60.1 Å². The van der Waals surface area contributed by atoms with Crippen molar-refractivity contribution in [2.75, 3.05) is 29.8 Å². The van der Waals surface area contributed by atoms with Crippen LogP contribution in [0.15, 0.2) is 51.8 Å². The highest BCUT2D eigenvalue weighted by molar-refractivity contribution is 9.10. The van der Waals surface area contributed by atoms with E-state index >= 15 is 0 Å². The number of rotatable bonds is 5. The predicted octanol–water partition coefficient (Wildman–Crippen LogP) is 3.45. The van der Waals surface area contributed by atoms with Crippen molar-refractivity contribution < 1.29 is 13.2 Å². The molecule has 0 amide bonds. The number of piperazine rings is 1. The number of hydrogen-bond donors (Lipinski definition) is 2. The lowest BCUT2D eigenvalue weighted by molar-refractivity contribution is 0.406. The third-order valence-corrected chi connectivity index (χ3v) is 6.85. The molecule has 0 aliphatic carbocycles. The van der Waals surface area contributed by atoms with Crippen molar-refractivity contribution in [2.45, 2.75) is 30.8 Å². The van der Waals surface area contributed by atoms with E-state index < -0.39 is 10.0 Å². The summed E-state index contributed by atoms with van der Waals surface area (Å²) in [4.78, 5) is 2.43. The van der Waals surface area contributed by atoms with Gasteiger partial charge in [0.1, 0.15) is 10.6 Å². The molecule has 0 aromatic heterocycles. The molecule has 2 aromatic rings. The summed E-state index contributed by atoms with van der Waals surface area (Å²) < 4.78 is 34.3. The number of halogens is 1. The number of benzene rings is 2. The highest BCUT2D eigenvalue weighted by atomic mass is 79.9. The summed E-state index contributed by atoms with van der Waals surface area (Å²) in [6.45, 7) is 5.99. The Labute approximate surface area is 169 Å². The first-order valence-electron chi connectivity index (χ1n) is 8.76. The molecule has 8 heteroatoms. The number of ether oxygens (including phenoxy) is 1. The molecule has 2 N–H and O–H groups in total. The summed E-state index contributed by atoms with van der Waals surface area (Å²) in [7, 11) is -2.23. The lowest BCUT2D eigenvalue weighted by atomic mass is 10.1. The van der Waals surface area contributed by atoms with Crippen LogP contribution in [0, 0.1) is 0 Å². The van der Waals surface area contributed by atoms with Gasteiger partial charge < -0.3 is 15.0 Å². The Kier molecular flexibility index (Phi) is 5.98. The molecule has 0 unspecified atom stereocenters. The standard InChI is InChI=1S/C19H24BrN3O3S/c1-13-11-23(12-14(2)21-13)15-8-9-18(26-3)17(10-15)22-27(24,25)19-7-5-4-6-16(19)20/h4-10,13-14,21-22H,11-12H2,1-3H3/t13-,14+. The number of nitrogens with one attached hydrogen (secondary N) is 2. The maximum absolute atomic E-state index is 12.9. The average Bonchev–Trinajstić information content (AvgIpc) is 2.60. The molecule has 3 rings (SSSR count). The van der Waals surface area contributed by atoms with Crippen molar-refractivity contribution in [3.8, 4) is 5.75 Å². The van der Waals surface area contributed by atoms with Gasteiger partial charge in [0.15, 0.2) is 0 Å². The molecule has 27 heavy (non-hydrogen) atoms. The first-order valence-corrected chi connectivity index (χ1v) is 11.0. The molecule has 1 saturated heterocycles. The van der Waals surface area contributed by atoms with E-state index in [0.717, 1.165) is 18.8 Å². The van der Waals surface area contributed by atoms with E-state index in [2.05, 4.69) is 44.7 Å². The molecule has 1 heterocycles. The van der Waals surface area contributed by atoms with Gasteiger partial charge in [0.2, 0.25) is 0 Å². The highest BCUT2D eigenvalue weighted by Gasteiger charge is 2.23. The molecular formula is C19H24BrN3O3S. The van der Waals surface area contributed by atoms with Crippen LogP contribution in [-0.4, -0.2) is 40.7 Å². The maximum Gasteiger partial charge on any atom is 0.263 e. The monoisotopic (exact) mass is 453 g/mol. The van der Waals surface area contributed by atoms with Crippen molar-refractivity contribution in [3.05, 3.63) is 46.9 Å². The summed E-state index contributed by atoms with van der Waals surface area (Å²) in [6.07, 6.45) is 0. The van der Waals surface area contributed by atoms with Crippen molar-refractivity contribution in [1.29, 1.82) is 0 Å². The van der Waals surface area contributed by atoms with Gasteiger partial charge in [-0.1, -0.05) is 12.1 Å². The van der Waals surface area contributed by atoms with E-state index in [1.54, 1.807) is 30.3 Å². The second-order valence-electron chi connectivity index (χ2n) is 6.79. The second-order valence-corrected chi connectivity index (χ2v) is 9.30. The van der Waals surface area contributed by atoms with Crippen LogP contribution in [-0.2, 0) is 10.0 Å². The normalized spacial score (nSPS) is 20.4. The van der Waals surface area contributed by atoms with Gasteiger partial charge >= 0.3 is 0 Å². The molecule has 6 nitrogen and oxygen atoms in total. The summed E-state index contributed by atoms with van der Waals surface area (Å²) in [6, 6.07) is 13.0. The molecule has 146 valence electrons. The summed E-state index contributed by atoms with van der Waals surface area (Å²) in [5.74, 6) is 0.477. The van der Waals surface area contributed by atoms with Gasteiger partial charge in [-0.25, -0.2) is 8.42 Å². The fraction of sp³-hybridized carbons (Fsp3) is 0.368. The Bertz CT molecular complexity index is 910. The Morgan fingerprint density at radius 3 is 2.44 bits per heavy atom. The zero-order valence-corrected chi connectivity index (χ0v) is 18.0. The van der Waals surface area contributed by atoms with Crippen LogP contribution in [0.25, 0.3) is 0 Å². The van der Waals surface area contributed by atoms with E-state index in [1.807, 2.05) is 12.1 Å². The topological polar surface area (TPSA) is 70.7 Å². The molecule has 1 aliphatic rings. The quantitative estimate of drug-likeness (QED) is 0.725. The van der Waals surface area contributed by atoms with Crippen LogP contribution in [0.2, 0.25) is 0 Å². The van der Waals surface area contributed by atoms with E-state index in [9.17, 15) is 8.42 Å². The lowest BCUT2D eigenvalue weighted by Gasteiger charge is -2.38. The summed E-state index contributed by atoms with van der Waals surface area (Å²) in [5, 5.41) is 3.50. The van der Waals surface area contributed by atoms with Gasteiger partial charge in [-0.15, -0.1) is 0 Å². The van der Waals surface area contributed by atoms with E-state index in [0.29, 0.717) is 28.0 Å². The molecule has 0 bridgehead atoms. The van der Waals surface area contributed by atoms with E-state index in [-0.39, 0.29) is 4.90 Å². The Hall–Kier alpha value is -1.77. The fourth-order valence-corrected chi connectivity index (χ4v) is 5.44. The number of hydrogen-bond acceptors (Lipinski definition) is 5. The number of nitrogens with zero attached hydrogens (tertiary/aromatic N) is 1. The van der Waals surface area contributed by atoms with Gasteiger partial charge in [0.05, 0.1) is 12.8 Å². The first kappa shape index (κ1) is 20.0. The number of anilines is 2. The molecule has 2 atom stereocenters. The average molecular weight is 454 g/mol. The maximum atomic E-state index is 12.9. The van der Waals surface area contributed by atoms with E-state index in [4.69, 9.17) is 4.74 Å². The Morgan fingerprint density at radius 1 is 1.15 bits per heavy atom. The Morgan fingerprint density at radius 2 is 1.81 bits per heavy atom. The van der Waals surface area contributed by atoms with Crippen molar-refractivity contribution in [1.82, 2.24) is 5.32 Å². The predicted molar refractivity (Wildman–Crippen MR) is 112 cm³/mol. The smallest absolute Gasteiger partial charge is 0.263 e. The minimum atomic E-state index is -3.75. The second kappa shape index (κ2) is 8.08. The van der Waals surface area contributed by atoms with Crippen LogP contribution < -0.4 is 19.7 Å². The van der Waals surface area contributed by atoms with Gasteiger partial charge in [-0.3, -0.25) is 4.72 Å². The molecular weight excluding hydrogens is 430 g/mol. The molecule has 0 radical (unpaired) electrons.